The lowest BCUT2D eigenvalue weighted by molar-refractivity contribution is -0.139. The van der Waals surface area contributed by atoms with E-state index in [1.807, 2.05) is 0 Å². The van der Waals surface area contributed by atoms with Gasteiger partial charge >= 0.3 is 11.9 Å². The van der Waals surface area contributed by atoms with E-state index in [2.05, 4.69) is 4.99 Å². The lowest BCUT2D eigenvalue weighted by Crippen LogP contribution is -2.40. The van der Waals surface area contributed by atoms with E-state index in [-0.39, 0.29) is 17.7 Å². The van der Waals surface area contributed by atoms with Crippen LogP contribution in [0.5, 0.6) is 17.2 Å². The second-order valence-corrected chi connectivity index (χ2v) is 9.06. The molecular formula is C27H26N2O7S. The van der Waals surface area contributed by atoms with Crippen LogP contribution in [0.4, 0.5) is 0 Å². The average Bonchev–Trinajstić information content (AvgIpc) is 3.17. The summed E-state index contributed by atoms with van der Waals surface area (Å²) in [5.74, 6) is 0.276. The van der Waals surface area contributed by atoms with Crippen LogP contribution in [0.3, 0.4) is 0 Å². The standard InChI is InChI=1S/C27H26N2O7S/c1-6-35-26(32)23-15(2)28-27-29(24(23)18-11-12-20(33-4)21(13-18)34-5)25(31)22(37-27)14-17-9-7-8-10-19(17)36-16(3)30/h7-14,24H,6H2,1-5H3/b22-14-/t24-/m1/s1. The molecule has 0 saturated heterocycles. The van der Waals surface area contributed by atoms with E-state index < -0.39 is 18.0 Å². The first-order chi connectivity index (χ1) is 17.8. The number of fused-ring (bicyclic) bond motifs is 1. The van der Waals surface area contributed by atoms with Gasteiger partial charge in [0.15, 0.2) is 16.3 Å². The molecule has 9 nitrogen and oxygen atoms in total. The monoisotopic (exact) mass is 522 g/mol. The van der Waals surface area contributed by atoms with Gasteiger partial charge in [0, 0.05) is 12.5 Å². The van der Waals surface area contributed by atoms with Crippen molar-refractivity contribution in [3.8, 4) is 17.2 Å². The second kappa shape index (κ2) is 10.8. The number of rotatable bonds is 7. The molecule has 1 aliphatic heterocycles. The second-order valence-electron chi connectivity index (χ2n) is 8.05. The molecule has 4 rings (SSSR count). The zero-order valence-electron chi connectivity index (χ0n) is 21.1. The number of ether oxygens (including phenoxy) is 4. The minimum absolute atomic E-state index is 0.172. The van der Waals surface area contributed by atoms with E-state index >= 15 is 0 Å². The fraction of sp³-hybridized carbons (Fsp3) is 0.259. The highest BCUT2D eigenvalue weighted by atomic mass is 32.1. The molecule has 1 aromatic heterocycles. The summed E-state index contributed by atoms with van der Waals surface area (Å²) in [5, 5.41) is 0. The van der Waals surface area contributed by atoms with Crippen molar-refractivity contribution in [3.05, 3.63) is 84.5 Å². The summed E-state index contributed by atoms with van der Waals surface area (Å²) >= 11 is 1.18. The smallest absolute Gasteiger partial charge is 0.338 e. The summed E-state index contributed by atoms with van der Waals surface area (Å²) < 4.78 is 23.3. The Morgan fingerprint density at radius 2 is 1.81 bits per heavy atom. The Kier molecular flexibility index (Phi) is 7.58. The Hall–Kier alpha value is -4.18. The van der Waals surface area contributed by atoms with Crippen LogP contribution in [-0.4, -0.2) is 37.3 Å². The van der Waals surface area contributed by atoms with Crippen LogP contribution < -0.4 is 29.1 Å². The predicted molar refractivity (Wildman–Crippen MR) is 138 cm³/mol. The molecule has 37 heavy (non-hydrogen) atoms. The highest BCUT2D eigenvalue weighted by Crippen LogP contribution is 2.36. The minimum atomic E-state index is -0.805. The quantitative estimate of drug-likeness (QED) is 0.347. The van der Waals surface area contributed by atoms with Gasteiger partial charge in [-0.05, 0) is 43.7 Å². The first-order valence-electron chi connectivity index (χ1n) is 11.5. The molecule has 2 aromatic carbocycles. The number of benzene rings is 2. The normalized spacial score (nSPS) is 15.1. The Labute approximate surface area is 216 Å². The zero-order chi connectivity index (χ0) is 26.7. The molecule has 0 amide bonds. The highest BCUT2D eigenvalue weighted by Gasteiger charge is 2.34. The molecule has 3 aromatic rings. The number of allylic oxidation sites excluding steroid dienone is 1. The summed E-state index contributed by atoms with van der Waals surface area (Å²) in [6.07, 6.45) is 1.65. The summed E-state index contributed by atoms with van der Waals surface area (Å²) in [7, 11) is 3.05. The number of thiazole rings is 1. The van der Waals surface area contributed by atoms with Gasteiger partial charge in [-0.3, -0.25) is 14.2 Å². The van der Waals surface area contributed by atoms with E-state index in [1.54, 1.807) is 62.4 Å². The van der Waals surface area contributed by atoms with Crippen molar-refractivity contribution in [2.45, 2.75) is 26.8 Å². The molecule has 0 bridgehead atoms. The van der Waals surface area contributed by atoms with Gasteiger partial charge in [0.25, 0.3) is 5.56 Å². The lowest BCUT2D eigenvalue weighted by Gasteiger charge is -2.25. The van der Waals surface area contributed by atoms with Crippen LogP contribution in [0.1, 0.15) is 37.9 Å². The van der Waals surface area contributed by atoms with Crippen LogP contribution in [0.15, 0.2) is 63.5 Å². The van der Waals surface area contributed by atoms with Crippen molar-refractivity contribution in [2.75, 3.05) is 20.8 Å². The average molecular weight is 523 g/mol. The van der Waals surface area contributed by atoms with Crippen molar-refractivity contribution in [3.63, 3.8) is 0 Å². The predicted octanol–water partition coefficient (Wildman–Crippen LogP) is 2.74. The maximum atomic E-state index is 13.8. The Morgan fingerprint density at radius 1 is 1.08 bits per heavy atom. The first kappa shape index (κ1) is 25.9. The highest BCUT2D eigenvalue weighted by molar-refractivity contribution is 7.07. The molecule has 0 spiro atoms. The van der Waals surface area contributed by atoms with Gasteiger partial charge in [0.05, 0.1) is 42.7 Å². The first-order valence-corrected chi connectivity index (χ1v) is 12.3. The van der Waals surface area contributed by atoms with Crippen LogP contribution in [0, 0.1) is 0 Å². The van der Waals surface area contributed by atoms with Gasteiger partial charge in [-0.2, -0.15) is 0 Å². The number of aromatic nitrogens is 1. The third-order valence-electron chi connectivity index (χ3n) is 5.70. The summed E-state index contributed by atoms with van der Waals surface area (Å²) in [5.41, 5.74) is 1.55. The zero-order valence-corrected chi connectivity index (χ0v) is 21.9. The van der Waals surface area contributed by atoms with Gasteiger partial charge in [-0.15, -0.1) is 0 Å². The number of carbonyl (C=O) groups excluding carboxylic acids is 2. The summed E-state index contributed by atoms with van der Waals surface area (Å²) in [6, 6.07) is 11.3. The Balaban J connectivity index is 1.96. The van der Waals surface area contributed by atoms with E-state index in [0.29, 0.717) is 43.4 Å². The number of hydrogen-bond donors (Lipinski definition) is 0. The third kappa shape index (κ3) is 5.05. The van der Waals surface area contributed by atoms with Crippen LogP contribution in [0.2, 0.25) is 0 Å². The van der Waals surface area contributed by atoms with E-state index in [0.717, 1.165) is 0 Å². The lowest BCUT2D eigenvalue weighted by atomic mass is 9.95. The van der Waals surface area contributed by atoms with Gasteiger partial charge in [0.1, 0.15) is 5.75 Å². The maximum absolute atomic E-state index is 13.8. The fourth-order valence-corrected chi connectivity index (χ4v) is 5.16. The number of methoxy groups -OCH3 is 2. The molecule has 192 valence electrons. The van der Waals surface area contributed by atoms with E-state index in [1.165, 1.54) is 37.0 Å². The van der Waals surface area contributed by atoms with Crippen LogP contribution in [0.25, 0.3) is 6.08 Å². The molecule has 0 unspecified atom stereocenters. The molecule has 10 heteroatoms. The molecular weight excluding hydrogens is 496 g/mol. The fourth-order valence-electron chi connectivity index (χ4n) is 4.12. The molecule has 2 heterocycles. The van der Waals surface area contributed by atoms with Crippen LogP contribution in [-0.2, 0) is 14.3 Å². The largest absolute Gasteiger partial charge is 0.493 e. The molecule has 0 N–H and O–H groups in total. The summed E-state index contributed by atoms with van der Waals surface area (Å²) in [6.45, 7) is 4.92. The van der Waals surface area contributed by atoms with E-state index in [9.17, 15) is 14.4 Å². The van der Waals surface area contributed by atoms with Crippen molar-refractivity contribution >= 4 is 29.4 Å². The number of para-hydroxylation sites is 1. The van der Waals surface area contributed by atoms with Crippen molar-refractivity contribution in [1.29, 1.82) is 0 Å². The molecule has 0 aliphatic carbocycles. The van der Waals surface area contributed by atoms with Crippen LogP contribution >= 0.6 is 11.3 Å². The summed E-state index contributed by atoms with van der Waals surface area (Å²) in [4.78, 5) is 43.4. The molecule has 0 radical (unpaired) electrons. The molecule has 1 atom stereocenters. The number of nitrogens with zero attached hydrogens (tertiary/aromatic N) is 2. The molecule has 1 aliphatic rings. The Bertz CT molecular complexity index is 1580. The van der Waals surface area contributed by atoms with Gasteiger partial charge < -0.3 is 18.9 Å². The SMILES string of the molecule is CCOC(=O)C1=C(C)N=c2s/c(=C\c3ccccc3OC(C)=O)c(=O)n2[C@@H]1c1ccc(OC)c(OC)c1. The van der Waals surface area contributed by atoms with Gasteiger partial charge in [0.2, 0.25) is 0 Å². The van der Waals surface area contributed by atoms with Crippen molar-refractivity contribution in [2.24, 2.45) is 4.99 Å². The van der Waals surface area contributed by atoms with Gasteiger partial charge in [-0.25, -0.2) is 9.79 Å². The number of hydrogen-bond acceptors (Lipinski definition) is 9. The minimum Gasteiger partial charge on any atom is -0.493 e. The van der Waals surface area contributed by atoms with E-state index in [4.69, 9.17) is 18.9 Å². The Morgan fingerprint density at radius 3 is 2.49 bits per heavy atom. The maximum Gasteiger partial charge on any atom is 0.338 e. The van der Waals surface area contributed by atoms with Gasteiger partial charge in [-0.1, -0.05) is 35.6 Å². The number of carbonyl (C=O) groups is 2. The number of esters is 2. The van der Waals surface area contributed by atoms with Crippen molar-refractivity contribution in [1.82, 2.24) is 4.57 Å². The third-order valence-corrected chi connectivity index (χ3v) is 6.68. The molecule has 0 fully saturated rings. The van der Waals surface area contributed by atoms with Crippen molar-refractivity contribution < 1.29 is 28.5 Å². The topological polar surface area (TPSA) is 105 Å². The molecule has 0 saturated carbocycles.